The Morgan fingerprint density at radius 3 is 2.28 bits per heavy atom. The van der Waals surface area contributed by atoms with Gasteiger partial charge in [-0.1, -0.05) is 51.1 Å². The van der Waals surface area contributed by atoms with Gasteiger partial charge in [0.25, 0.3) is 17.7 Å². The van der Waals surface area contributed by atoms with Crippen molar-refractivity contribution in [3.05, 3.63) is 92.8 Å². The molecule has 54 heavy (non-hydrogen) atoms. The summed E-state index contributed by atoms with van der Waals surface area (Å²) in [6, 6.07) is 13.8. The Kier molecular flexibility index (Phi) is 8.13. The predicted octanol–water partition coefficient (Wildman–Crippen LogP) is 5.08. The summed E-state index contributed by atoms with van der Waals surface area (Å²) in [5, 5.41) is 11.7. The van der Waals surface area contributed by atoms with Crippen molar-refractivity contribution in [3.63, 3.8) is 0 Å². The van der Waals surface area contributed by atoms with Gasteiger partial charge in [0.2, 0.25) is 11.8 Å². The van der Waals surface area contributed by atoms with Crippen LogP contribution in [0.2, 0.25) is 5.02 Å². The van der Waals surface area contributed by atoms with Crippen LogP contribution in [0, 0.1) is 45.7 Å². The highest BCUT2D eigenvalue weighted by Crippen LogP contribution is 2.59. The largest absolute Gasteiger partial charge is 0.489 e. The lowest BCUT2D eigenvalue weighted by Gasteiger charge is -2.65. The third-order valence-corrected chi connectivity index (χ3v) is 11.8. The number of anilines is 1. The Morgan fingerprint density at radius 2 is 1.61 bits per heavy atom. The Hall–Kier alpha value is -5.72. The van der Waals surface area contributed by atoms with Gasteiger partial charge in [0.05, 0.1) is 33.3 Å². The fourth-order valence-electron chi connectivity index (χ4n) is 9.31. The number of hydrogen-bond acceptors (Lipinski definition) is 8. The van der Waals surface area contributed by atoms with Crippen LogP contribution in [-0.4, -0.2) is 70.6 Å². The number of fused-ring (bicyclic) bond motifs is 2. The van der Waals surface area contributed by atoms with Crippen molar-refractivity contribution in [1.29, 1.82) is 5.26 Å². The molecule has 5 amide bonds. The molecular weight excluding hydrogens is 713 g/mol. The third kappa shape index (κ3) is 5.42. The normalized spacial score (nSPS) is 23.8. The van der Waals surface area contributed by atoms with Gasteiger partial charge in [0.1, 0.15) is 29.8 Å². The fourth-order valence-corrected chi connectivity index (χ4v) is 9.53. The lowest BCUT2D eigenvalue weighted by atomic mass is 9.49. The van der Waals surface area contributed by atoms with Crippen LogP contribution >= 0.6 is 11.6 Å². The average molecular weight is 748 g/mol. The molecule has 3 aromatic carbocycles. The summed E-state index contributed by atoms with van der Waals surface area (Å²) in [7, 11) is 0. The van der Waals surface area contributed by atoms with Crippen molar-refractivity contribution < 1.29 is 33.1 Å². The summed E-state index contributed by atoms with van der Waals surface area (Å²) < 4.78 is 21.7. The van der Waals surface area contributed by atoms with E-state index < -0.39 is 46.3 Å². The zero-order valence-electron chi connectivity index (χ0n) is 30.0. The number of nitrogens with zero attached hydrogens (tertiary/aromatic N) is 4. The van der Waals surface area contributed by atoms with Gasteiger partial charge in [-0.2, -0.15) is 5.26 Å². The van der Waals surface area contributed by atoms with Crippen molar-refractivity contribution >= 4 is 46.8 Å². The number of carbonyl (C=O) groups excluding carboxylic acids is 5. The quantitative estimate of drug-likeness (QED) is 0.282. The number of rotatable bonds is 5. The molecule has 2 saturated heterocycles. The number of nitrogens with one attached hydrogen (secondary N) is 1. The molecule has 3 fully saturated rings. The van der Waals surface area contributed by atoms with E-state index in [1.165, 1.54) is 6.07 Å². The summed E-state index contributed by atoms with van der Waals surface area (Å²) >= 11 is 6.26. The Labute approximate surface area is 316 Å². The highest BCUT2D eigenvalue weighted by molar-refractivity contribution is 6.31. The molecule has 1 atom stereocenters. The number of halogens is 2. The maximum Gasteiger partial charge on any atom is 0.262 e. The van der Waals surface area contributed by atoms with Gasteiger partial charge in [-0.3, -0.25) is 34.2 Å². The van der Waals surface area contributed by atoms with E-state index in [0.717, 1.165) is 22.1 Å². The lowest BCUT2D eigenvalue weighted by Crippen LogP contribution is -2.74. The van der Waals surface area contributed by atoms with Crippen molar-refractivity contribution in [2.24, 2.45) is 16.7 Å². The molecule has 1 saturated carbocycles. The van der Waals surface area contributed by atoms with Crippen molar-refractivity contribution in [1.82, 2.24) is 15.1 Å². The summed E-state index contributed by atoms with van der Waals surface area (Å²) in [6.45, 7) is 9.62. The van der Waals surface area contributed by atoms with E-state index in [9.17, 15) is 29.2 Å². The first kappa shape index (κ1) is 35.3. The van der Waals surface area contributed by atoms with E-state index in [4.69, 9.17) is 16.3 Å². The third-order valence-electron chi connectivity index (χ3n) is 11.5. The highest BCUT2D eigenvalue weighted by Gasteiger charge is 2.67. The van der Waals surface area contributed by atoms with E-state index in [0.29, 0.717) is 41.5 Å². The molecule has 4 aliphatic heterocycles. The zero-order chi connectivity index (χ0) is 38.4. The van der Waals surface area contributed by atoms with Crippen LogP contribution in [0.25, 0.3) is 0 Å². The minimum Gasteiger partial charge on any atom is -0.489 e. The maximum absolute atomic E-state index is 15.3. The van der Waals surface area contributed by atoms with Gasteiger partial charge in [-0.15, -0.1) is 0 Å². The first-order valence-electron chi connectivity index (χ1n) is 17.7. The smallest absolute Gasteiger partial charge is 0.262 e. The topological polar surface area (TPSA) is 140 Å². The van der Waals surface area contributed by atoms with Crippen molar-refractivity contribution in [2.75, 3.05) is 18.0 Å². The van der Waals surface area contributed by atoms with Crippen molar-refractivity contribution in [2.45, 2.75) is 65.3 Å². The standard InChI is InChI=1S/C41H35ClFN5O6/c1-40(2)38(41(3,4)39(40)54-25-9-8-23(17-44)29(42)14-25)47-20-24-13-21(7-10-26(24)35(47)51)5-6-22-18-46(19-22)32-16-28-27(15-30(32)43)36(52)48(37(28)53)31-11-12-33(49)45-34(31)50/h7-10,13-16,22,31,38-39H,11-12,18-20H2,1-4H3,(H,45,49,50). The molecule has 1 unspecified atom stereocenters. The molecule has 11 nitrogen and oxygen atoms in total. The molecule has 0 bridgehead atoms. The van der Waals surface area contributed by atoms with E-state index >= 15 is 4.39 Å². The van der Waals surface area contributed by atoms with Gasteiger partial charge < -0.3 is 14.5 Å². The molecule has 13 heteroatoms. The Bertz CT molecular complexity index is 2320. The van der Waals surface area contributed by atoms with Gasteiger partial charge in [0.15, 0.2) is 0 Å². The number of ether oxygens (including phenoxy) is 1. The number of benzene rings is 3. The second-order valence-corrected chi connectivity index (χ2v) is 16.2. The molecule has 1 N–H and O–H groups in total. The van der Waals surface area contributed by atoms with E-state index in [1.807, 2.05) is 23.1 Å². The average Bonchev–Trinajstić information content (AvgIpc) is 3.53. The fraction of sp³-hybridized carbons (Fsp3) is 0.366. The molecule has 5 aliphatic rings. The molecular formula is C41H35ClFN5O6. The predicted molar refractivity (Wildman–Crippen MR) is 194 cm³/mol. The Balaban J connectivity index is 0.920. The molecule has 274 valence electrons. The number of nitriles is 1. The second-order valence-electron chi connectivity index (χ2n) is 15.8. The first-order chi connectivity index (χ1) is 25.6. The van der Waals surface area contributed by atoms with Crippen LogP contribution in [-0.2, 0) is 16.1 Å². The van der Waals surface area contributed by atoms with Gasteiger partial charge in [-0.05, 0) is 54.4 Å². The van der Waals surface area contributed by atoms with Crippen LogP contribution in [0.4, 0.5) is 10.1 Å². The number of carbonyl (C=O) groups is 5. The summed E-state index contributed by atoms with van der Waals surface area (Å²) in [6.07, 6.45) is -0.212. The van der Waals surface area contributed by atoms with Crippen LogP contribution in [0.1, 0.15) is 88.3 Å². The summed E-state index contributed by atoms with van der Waals surface area (Å²) in [5.41, 5.74) is 1.96. The van der Waals surface area contributed by atoms with Crippen LogP contribution < -0.4 is 15.0 Å². The molecule has 4 heterocycles. The Morgan fingerprint density at radius 1 is 0.907 bits per heavy atom. The molecule has 0 spiro atoms. The number of amides is 5. The van der Waals surface area contributed by atoms with Crippen LogP contribution in [0.3, 0.4) is 0 Å². The van der Waals surface area contributed by atoms with E-state index in [2.05, 4.69) is 50.9 Å². The number of imide groups is 2. The van der Waals surface area contributed by atoms with E-state index in [1.54, 1.807) is 23.1 Å². The monoisotopic (exact) mass is 747 g/mol. The SMILES string of the molecule is CC1(C)C(Oc2ccc(C#N)c(Cl)c2)C(C)(C)C1N1Cc2cc(C#CC3CN(c4cc5c(cc4F)C(=O)N(C4CCC(=O)NC4=O)C5=O)C3)ccc2C1=O. The molecule has 0 radical (unpaired) electrons. The number of hydrogen-bond donors (Lipinski definition) is 1. The van der Waals surface area contributed by atoms with Gasteiger partial charge >= 0.3 is 0 Å². The maximum atomic E-state index is 15.3. The van der Waals surface area contributed by atoms with Crippen LogP contribution in [0.15, 0.2) is 48.5 Å². The zero-order valence-corrected chi connectivity index (χ0v) is 30.7. The van der Waals surface area contributed by atoms with Crippen LogP contribution in [0.5, 0.6) is 5.75 Å². The van der Waals surface area contributed by atoms with Gasteiger partial charge in [0, 0.05) is 60.1 Å². The minimum absolute atomic E-state index is 0.00539. The molecule has 3 aromatic rings. The van der Waals surface area contributed by atoms with Crippen molar-refractivity contribution in [3.8, 4) is 23.7 Å². The van der Waals surface area contributed by atoms with Gasteiger partial charge in [-0.25, -0.2) is 4.39 Å². The number of piperidine rings is 1. The van der Waals surface area contributed by atoms with E-state index in [-0.39, 0.29) is 53.6 Å². The lowest BCUT2D eigenvalue weighted by molar-refractivity contribution is -0.199. The highest BCUT2D eigenvalue weighted by atomic mass is 35.5. The summed E-state index contributed by atoms with van der Waals surface area (Å²) in [5.74, 6) is 3.60. The molecule has 1 aliphatic carbocycles. The minimum atomic E-state index is -1.13. The molecule has 8 rings (SSSR count). The summed E-state index contributed by atoms with van der Waals surface area (Å²) in [4.78, 5) is 68.5. The first-order valence-corrected chi connectivity index (χ1v) is 18.1. The second kappa shape index (κ2) is 12.4. The molecule has 0 aromatic heterocycles.